The first-order valence-electron chi connectivity index (χ1n) is 10.3. The summed E-state index contributed by atoms with van der Waals surface area (Å²) in [6.45, 7) is 4.05. The number of carbonyl (C=O) groups is 3. The third-order valence-electron chi connectivity index (χ3n) is 4.68. The monoisotopic (exact) mass is 426 g/mol. The topological polar surface area (TPSA) is 93.7 Å². The highest BCUT2D eigenvalue weighted by atomic mass is 16.6. The minimum absolute atomic E-state index is 0.153. The van der Waals surface area contributed by atoms with Crippen molar-refractivity contribution >= 4 is 17.8 Å². The molecule has 166 valence electrons. The van der Waals surface area contributed by atoms with Crippen LogP contribution in [0.15, 0.2) is 60.7 Å². The largest absolute Gasteiger partial charge is 0.467 e. The van der Waals surface area contributed by atoms with Crippen LogP contribution < -0.4 is 10.8 Å². The highest BCUT2D eigenvalue weighted by Gasteiger charge is 2.31. The number of carbonyl (C=O) groups excluding carboxylic acids is 3. The van der Waals surface area contributed by atoms with E-state index >= 15 is 0 Å². The fraction of sp³-hybridized carbons (Fsp3) is 0.375. The second-order valence-electron chi connectivity index (χ2n) is 7.70. The third-order valence-corrected chi connectivity index (χ3v) is 4.68. The van der Waals surface area contributed by atoms with E-state index in [4.69, 9.17) is 9.57 Å². The number of nitrogens with one attached hydrogen (secondary N) is 2. The van der Waals surface area contributed by atoms with E-state index in [1.54, 1.807) is 0 Å². The van der Waals surface area contributed by atoms with Crippen molar-refractivity contribution < 1.29 is 24.0 Å². The molecule has 2 amide bonds. The smallest absolute Gasteiger partial charge is 0.328 e. The summed E-state index contributed by atoms with van der Waals surface area (Å²) in [5, 5.41) is 2.68. The Balaban J connectivity index is 2.09. The standard InChI is InChI=1S/C24H30N2O5/c1-17(2)14-21(24(29)30-3)25-22(27)20(15-18-10-6-4-7-11-18)23(28)26-31-16-19-12-8-5-9-13-19/h4-13,17,20-21H,14-16H2,1-3H3,(H,25,27)(H,26,28)/t20?,21-/m0/s1. The second kappa shape index (κ2) is 12.5. The predicted octanol–water partition coefficient (Wildman–Crippen LogP) is 2.80. The van der Waals surface area contributed by atoms with Crippen molar-refractivity contribution in [3.8, 4) is 0 Å². The van der Waals surface area contributed by atoms with Crippen LogP contribution in [0.4, 0.5) is 0 Å². The van der Waals surface area contributed by atoms with E-state index in [9.17, 15) is 14.4 Å². The average molecular weight is 427 g/mol. The minimum atomic E-state index is -1.07. The zero-order valence-electron chi connectivity index (χ0n) is 18.2. The van der Waals surface area contributed by atoms with Gasteiger partial charge in [0, 0.05) is 0 Å². The number of esters is 1. The summed E-state index contributed by atoms with van der Waals surface area (Å²) in [4.78, 5) is 43.2. The van der Waals surface area contributed by atoms with E-state index in [-0.39, 0.29) is 18.9 Å². The molecule has 2 N–H and O–H groups in total. The van der Waals surface area contributed by atoms with Crippen LogP contribution in [0.25, 0.3) is 0 Å². The summed E-state index contributed by atoms with van der Waals surface area (Å²) < 4.78 is 4.81. The van der Waals surface area contributed by atoms with Gasteiger partial charge in [0.15, 0.2) is 0 Å². The first kappa shape index (κ1) is 24.1. The maximum absolute atomic E-state index is 13.0. The van der Waals surface area contributed by atoms with Gasteiger partial charge in [-0.25, -0.2) is 10.3 Å². The Morgan fingerprint density at radius 1 is 0.871 bits per heavy atom. The van der Waals surface area contributed by atoms with E-state index in [2.05, 4.69) is 10.8 Å². The molecule has 2 aromatic rings. The van der Waals surface area contributed by atoms with Crippen molar-refractivity contribution in [2.45, 2.75) is 39.3 Å². The normalized spacial score (nSPS) is 12.6. The van der Waals surface area contributed by atoms with Crippen molar-refractivity contribution in [1.29, 1.82) is 0 Å². The molecule has 0 aliphatic carbocycles. The molecule has 0 saturated carbocycles. The van der Waals surface area contributed by atoms with Gasteiger partial charge in [0.2, 0.25) is 5.91 Å². The molecule has 7 nitrogen and oxygen atoms in total. The Hall–Kier alpha value is -3.19. The van der Waals surface area contributed by atoms with Gasteiger partial charge in [-0.15, -0.1) is 0 Å². The van der Waals surface area contributed by atoms with Gasteiger partial charge < -0.3 is 10.1 Å². The van der Waals surface area contributed by atoms with Crippen LogP contribution in [0.1, 0.15) is 31.4 Å². The number of rotatable bonds is 11. The molecule has 0 saturated heterocycles. The molecule has 0 aromatic heterocycles. The molecular formula is C24H30N2O5. The van der Waals surface area contributed by atoms with Crippen molar-refractivity contribution in [3.05, 3.63) is 71.8 Å². The Kier molecular flexibility index (Phi) is 9.71. The maximum Gasteiger partial charge on any atom is 0.328 e. The van der Waals surface area contributed by atoms with Gasteiger partial charge in [-0.05, 0) is 29.9 Å². The van der Waals surface area contributed by atoms with E-state index in [1.165, 1.54) is 7.11 Å². The first-order chi connectivity index (χ1) is 14.9. The van der Waals surface area contributed by atoms with Gasteiger partial charge in [-0.3, -0.25) is 14.4 Å². The van der Waals surface area contributed by atoms with Gasteiger partial charge in [-0.2, -0.15) is 0 Å². The molecule has 0 bridgehead atoms. The molecule has 0 radical (unpaired) electrons. The lowest BCUT2D eigenvalue weighted by molar-refractivity contribution is -0.149. The van der Waals surface area contributed by atoms with Gasteiger partial charge in [0.05, 0.1) is 13.7 Å². The predicted molar refractivity (Wildman–Crippen MR) is 116 cm³/mol. The summed E-state index contributed by atoms with van der Waals surface area (Å²) in [5.74, 6) is -2.59. The van der Waals surface area contributed by atoms with E-state index in [1.807, 2.05) is 74.5 Å². The molecule has 0 fully saturated rings. The maximum atomic E-state index is 13.0. The van der Waals surface area contributed by atoms with Gasteiger partial charge in [0.25, 0.3) is 5.91 Å². The third kappa shape index (κ3) is 8.22. The van der Waals surface area contributed by atoms with Crippen LogP contribution in [0.3, 0.4) is 0 Å². The molecule has 2 rings (SSSR count). The van der Waals surface area contributed by atoms with Crippen LogP contribution in [0.2, 0.25) is 0 Å². The van der Waals surface area contributed by atoms with Crippen LogP contribution in [0, 0.1) is 11.8 Å². The number of benzene rings is 2. The Morgan fingerprint density at radius 3 is 2.00 bits per heavy atom. The summed E-state index contributed by atoms with van der Waals surface area (Å²) >= 11 is 0. The number of hydroxylamine groups is 1. The SMILES string of the molecule is COC(=O)[C@H](CC(C)C)NC(=O)C(Cc1ccccc1)C(=O)NOCc1ccccc1. The minimum Gasteiger partial charge on any atom is -0.467 e. The van der Waals surface area contributed by atoms with Crippen molar-refractivity contribution in [2.24, 2.45) is 11.8 Å². The van der Waals surface area contributed by atoms with Crippen LogP contribution in [-0.4, -0.2) is 30.9 Å². The number of methoxy groups -OCH3 is 1. The summed E-state index contributed by atoms with van der Waals surface area (Å²) in [5.41, 5.74) is 4.08. The second-order valence-corrected chi connectivity index (χ2v) is 7.70. The van der Waals surface area contributed by atoms with Crippen molar-refractivity contribution in [1.82, 2.24) is 10.8 Å². The summed E-state index contributed by atoms with van der Waals surface area (Å²) in [6.07, 6.45) is 0.575. The number of ether oxygens (including phenoxy) is 1. The van der Waals surface area contributed by atoms with E-state index < -0.39 is 29.7 Å². The van der Waals surface area contributed by atoms with Crippen LogP contribution in [-0.2, 0) is 37.0 Å². The van der Waals surface area contributed by atoms with E-state index in [0.29, 0.717) is 6.42 Å². The molecule has 0 aliphatic rings. The lowest BCUT2D eigenvalue weighted by Crippen LogP contribution is -2.49. The van der Waals surface area contributed by atoms with Crippen molar-refractivity contribution in [2.75, 3.05) is 7.11 Å². The summed E-state index contributed by atoms with van der Waals surface area (Å²) in [6, 6.07) is 17.7. The Bertz CT molecular complexity index is 840. The molecule has 7 heteroatoms. The van der Waals surface area contributed by atoms with E-state index in [0.717, 1.165) is 11.1 Å². The fourth-order valence-electron chi connectivity index (χ4n) is 3.09. The molecule has 1 unspecified atom stereocenters. The fourth-order valence-corrected chi connectivity index (χ4v) is 3.09. The van der Waals surface area contributed by atoms with Crippen LogP contribution in [0.5, 0.6) is 0 Å². The highest BCUT2D eigenvalue weighted by molar-refractivity contribution is 6.01. The quantitative estimate of drug-likeness (QED) is 0.327. The van der Waals surface area contributed by atoms with Crippen LogP contribution >= 0.6 is 0 Å². The zero-order valence-corrected chi connectivity index (χ0v) is 18.2. The molecule has 2 aromatic carbocycles. The van der Waals surface area contributed by atoms with Gasteiger partial charge in [-0.1, -0.05) is 74.5 Å². The lowest BCUT2D eigenvalue weighted by atomic mass is 9.96. The van der Waals surface area contributed by atoms with Crippen molar-refractivity contribution in [3.63, 3.8) is 0 Å². The highest BCUT2D eigenvalue weighted by Crippen LogP contribution is 2.13. The van der Waals surface area contributed by atoms with Gasteiger partial charge >= 0.3 is 5.97 Å². The molecule has 31 heavy (non-hydrogen) atoms. The zero-order chi connectivity index (χ0) is 22.6. The first-order valence-corrected chi connectivity index (χ1v) is 10.3. The number of amides is 2. The summed E-state index contributed by atoms with van der Waals surface area (Å²) in [7, 11) is 1.27. The Morgan fingerprint density at radius 2 is 1.45 bits per heavy atom. The van der Waals surface area contributed by atoms with Gasteiger partial charge in [0.1, 0.15) is 12.0 Å². The Labute approximate surface area is 183 Å². The number of hydrogen-bond donors (Lipinski definition) is 2. The average Bonchev–Trinajstić information content (AvgIpc) is 2.77. The molecule has 0 heterocycles. The molecule has 0 aliphatic heterocycles. The molecular weight excluding hydrogens is 396 g/mol. The molecule has 0 spiro atoms. The number of hydrogen-bond acceptors (Lipinski definition) is 5. The lowest BCUT2D eigenvalue weighted by Gasteiger charge is -2.22. The molecule has 2 atom stereocenters.